The summed E-state index contributed by atoms with van der Waals surface area (Å²) in [5.74, 6) is 0.883. The Labute approximate surface area is 212 Å². The maximum absolute atomic E-state index is 5.95. The number of methoxy groups -OCH3 is 1. The van der Waals surface area contributed by atoms with Crippen molar-refractivity contribution in [3.63, 3.8) is 0 Å². The van der Waals surface area contributed by atoms with Crippen LogP contribution in [0.2, 0.25) is 0 Å². The average molecular weight is 513 g/mol. The second-order valence-electron chi connectivity index (χ2n) is 8.76. The molecule has 1 aromatic heterocycles. The van der Waals surface area contributed by atoms with E-state index in [0.717, 1.165) is 22.3 Å². The lowest BCUT2D eigenvalue weighted by Gasteiger charge is -2.19. The predicted octanol–water partition coefficient (Wildman–Crippen LogP) is 3.63. The highest BCUT2D eigenvalue weighted by molar-refractivity contribution is 6.11. The monoisotopic (exact) mass is 512 g/mol. The van der Waals surface area contributed by atoms with Crippen LogP contribution in [0.5, 0.6) is 5.75 Å². The van der Waals surface area contributed by atoms with E-state index in [4.69, 9.17) is 4.74 Å². The zero-order valence-corrected chi connectivity index (χ0v) is 21.8. The Kier molecular flexibility index (Phi) is 6.63. The normalized spacial score (nSPS) is 10.9. The third-order valence-electron chi connectivity index (χ3n) is 6.47. The largest absolute Gasteiger partial charge is 1.00 e. The van der Waals surface area contributed by atoms with Crippen molar-refractivity contribution in [3.05, 3.63) is 96.1 Å². The summed E-state index contributed by atoms with van der Waals surface area (Å²) < 4.78 is 8.31. The molecule has 0 aliphatic carbocycles. The smallest absolute Gasteiger partial charge is 0.223 e. The molecule has 0 aliphatic heterocycles. The molecular formula is C30H29BrN2O. The summed E-state index contributed by atoms with van der Waals surface area (Å²) in [5.41, 5.74) is 9.62. The molecule has 4 aromatic carbocycles. The quantitative estimate of drug-likeness (QED) is 0.270. The number of aromatic nitrogens is 1. The topological polar surface area (TPSA) is 16.4 Å². The van der Waals surface area contributed by atoms with E-state index in [9.17, 15) is 0 Å². The van der Waals surface area contributed by atoms with Gasteiger partial charge in [0.15, 0.2) is 0 Å². The molecule has 3 nitrogen and oxygen atoms in total. The van der Waals surface area contributed by atoms with Gasteiger partial charge in [0.25, 0.3) is 0 Å². The second-order valence-corrected chi connectivity index (χ2v) is 8.76. The van der Waals surface area contributed by atoms with Crippen LogP contribution in [0.1, 0.15) is 11.1 Å². The molecule has 34 heavy (non-hydrogen) atoms. The minimum Gasteiger partial charge on any atom is -1.00 e. The van der Waals surface area contributed by atoms with Gasteiger partial charge < -0.3 is 26.6 Å². The fourth-order valence-corrected chi connectivity index (χ4v) is 4.91. The Morgan fingerprint density at radius 2 is 1.38 bits per heavy atom. The van der Waals surface area contributed by atoms with E-state index >= 15 is 0 Å². The minimum atomic E-state index is 0. The first kappa shape index (κ1) is 23.8. The fraction of sp³-hybridized carbons (Fsp3) is 0.167. The van der Waals surface area contributed by atoms with Crippen molar-refractivity contribution in [2.24, 2.45) is 0 Å². The first-order chi connectivity index (χ1) is 16.0. The third-order valence-corrected chi connectivity index (χ3v) is 6.47. The minimum absolute atomic E-state index is 0. The molecule has 0 aliphatic rings. The van der Waals surface area contributed by atoms with Gasteiger partial charge in [0.05, 0.1) is 17.9 Å². The van der Waals surface area contributed by atoms with E-state index in [1.807, 2.05) is 0 Å². The molecule has 0 unspecified atom stereocenters. The molecule has 4 heteroatoms. The summed E-state index contributed by atoms with van der Waals surface area (Å²) in [6.45, 7) is 4.39. The van der Waals surface area contributed by atoms with Gasteiger partial charge in [-0.2, -0.15) is 4.57 Å². The van der Waals surface area contributed by atoms with Crippen LogP contribution >= 0.6 is 0 Å². The van der Waals surface area contributed by atoms with E-state index in [1.54, 1.807) is 7.11 Å². The maximum atomic E-state index is 5.95. The molecular weight excluding hydrogens is 484 g/mol. The van der Waals surface area contributed by atoms with Gasteiger partial charge >= 0.3 is 0 Å². The fourth-order valence-electron chi connectivity index (χ4n) is 4.91. The van der Waals surface area contributed by atoms with Crippen LogP contribution in [-0.4, -0.2) is 21.2 Å². The highest BCUT2D eigenvalue weighted by atomic mass is 79.9. The van der Waals surface area contributed by atoms with Crippen LogP contribution in [0.4, 0.5) is 5.69 Å². The van der Waals surface area contributed by atoms with E-state index in [-0.39, 0.29) is 17.0 Å². The van der Waals surface area contributed by atoms with Gasteiger partial charge in [-0.3, -0.25) is 0 Å². The third kappa shape index (κ3) is 3.82. The number of anilines is 1. The van der Waals surface area contributed by atoms with E-state index in [0.29, 0.717) is 0 Å². The molecule has 5 rings (SSSR count). The van der Waals surface area contributed by atoms with E-state index in [1.165, 1.54) is 38.8 Å². The summed E-state index contributed by atoms with van der Waals surface area (Å²) in [6.07, 6.45) is 0. The van der Waals surface area contributed by atoms with Crippen LogP contribution in [0, 0.1) is 13.8 Å². The lowest BCUT2D eigenvalue weighted by molar-refractivity contribution is -0.537. The molecule has 1 heterocycles. The van der Waals surface area contributed by atoms with E-state index in [2.05, 4.69) is 122 Å². The summed E-state index contributed by atoms with van der Waals surface area (Å²) in [7, 11) is 5.93. The van der Waals surface area contributed by atoms with Gasteiger partial charge in [-0.05, 0) is 48.7 Å². The Morgan fingerprint density at radius 1 is 0.706 bits per heavy atom. The highest BCUT2D eigenvalue weighted by Gasteiger charge is 2.27. The van der Waals surface area contributed by atoms with Crippen molar-refractivity contribution in [2.75, 3.05) is 26.1 Å². The first-order valence-corrected chi connectivity index (χ1v) is 11.3. The Hall–Kier alpha value is -3.37. The van der Waals surface area contributed by atoms with Gasteiger partial charge in [-0.15, -0.1) is 0 Å². The van der Waals surface area contributed by atoms with Crippen LogP contribution in [-0.2, 0) is 0 Å². The van der Waals surface area contributed by atoms with Crippen molar-refractivity contribution < 1.29 is 26.3 Å². The molecule has 5 aromatic rings. The Balaban J connectivity index is 0.00000274. The molecule has 0 saturated carbocycles. The van der Waals surface area contributed by atoms with Crippen molar-refractivity contribution in [1.29, 1.82) is 0 Å². The lowest BCUT2D eigenvalue weighted by Crippen LogP contribution is -3.00. The van der Waals surface area contributed by atoms with Gasteiger partial charge in [0.2, 0.25) is 16.7 Å². The summed E-state index contributed by atoms with van der Waals surface area (Å²) >= 11 is 0. The van der Waals surface area contributed by atoms with Gasteiger partial charge in [-0.1, -0.05) is 42.5 Å². The number of hydrogen-bond acceptors (Lipinski definition) is 2. The van der Waals surface area contributed by atoms with Crippen LogP contribution in [0.3, 0.4) is 0 Å². The maximum Gasteiger partial charge on any atom is 0.223 e. The number of nitrogens with zero attached hydrogens (tertiary/aromatic N) is 2. The first-order valence-electron chi connectivity index (χ1n) is 11.3. The van der Waals surface area contributed by atoms with Gasteiger partial charge in [0.1, 0.15) is 5.75 Å². The lowest BCUT2D eigenvalue weighted by atomic mass is 9.89. The molecule has 0 bridgehead atoms. The zero-order valence-electron chi connectivity index (χ0n) is 20.3. The molecule has 0 N–H and O–H groups in total. The molecule has 0 radical (unpaired) electrons. The summed E-state index contributed by atoms with van der Waals surface area (Å²) in [4.78, 5) is 2.16. The summed E-state index contributed by atoms with van der Waals surface area (Å²) in [6, 6.07) is 30.2. The van der Waals surface area contributed by atoms with Gasteiger partial charge in [-0.25, -0.2) is 0 Å². The van der Waals surface area contributed by atoms with Crippen molar-refractivity contribution in [3.8, 4) is 22.6 Å². The van der Waals surface area contributed by atoms with Crippen LogP contribution < -0.4 is 31.2 Å². The number of hydrogen-bond donors (Lipinski definition) is 0. The molecule has 0 atom stereocenters. The molecule has 0 fully saturated rings. The highest BCUT2D eigenvalue weighted by Crippen LogP contribution is 2.42. The van der Waals surface area contributed by atoms with Crippen LogP contribution in [0.25, 0.3) is 38.6 Å². The summed E-state index contributed by atoms with van der Waals surface area (Å²) in [5, 5.41) is 2.34. The van der Waals surface area contributed by atoms with Crippen molar-refractivity contribution >= 4 is 27.5 Å². The number of pyridine rings is 1. The average Bonchev–Trinajstić information content (AvgIpc) is 2.83. The number of aryl methyl sites for hydroxylation is 2. The number of halogens is 1. The molecule has 172 valence electrons. The number of ether oxygens (including phenoxy) is 1. The number of benzene rings is 4. The number of para-hydroxylation sites is 1. The Bertz CT molecular complexity index is 1470. The molecule has 0 amide bonds. The Morgan fingerprint density at radius 3 is 2.03 bits per heavy atom. The second kappa shape index (κ2) is 9.47. The van der Waals surface area contributed by atoms with Crippen molar-refractivity contribution in [1.82, 2.24) is 0 Å². The zero-order chi connectivity index (χ0) is 23.1. The van der Waals surface area contributed by atoms with E-state index < -0.39 is 0 Å². The molecule has 0 saturated heterocycles. The molecule has 0 spiro atoms. The van der Waals surface area contributed by atoms with Crippen LogP contribution in [0.15, 0.2) is 84.9 Å². The number of fused-ring (bicyclic) bond motifs is 2. The SMILES string of the molecule is COc1cccc2c1c(-c1c(C)cccc1C)c1ccc(N(C)C)cc1[n+]2-c1ccccc1.[Br-]. The number of rotatable bonds is 4. The standard InChI is InChI=1S/C30H29N2O.BrH/c1-20-11-9-12-21(2)28(20)29-24-18-17-23(31(3)4)19-26(24)32(22-13-7-6-8-14-22)25-15-10-16-27(33-5)30(25)29;/h6-19H,1-5H3;1H/q+1;/p-1. The van der Waals surface area contributed by atoms with Gasteiger partial charge in [0, 0.05) is 49.6 Å². The van der Waals surface area contributed by atoms with Crippen molar-refractivity contribution in [2.45, 2.75) is 13.8 Å². The predicted molar refractivity (Wildman–Crippen MR) is 139 cm³/mol.